The van der Waals surface area contributed by atoms with Gasteiger partial charge in [-0.2, -0.15) is 0 Å². The predicted molar refractivity (Wildman–Crippen MR) is 123 cm³/mol. The van der Waals surface area contributed by atoms with Crippen LogP contribution in [0.3, 0.4) is 0 Å². The van der Waals surface area contributed by atoms with Crippen molar-refractivity contribution in [2.45, 2.75) is 68.9 Å². The van der Waals surface area contributed by atoms with Gasteiger partial charge >= 0.3 is 0 Å². The minimum absolute atomic E-state index is 0.169. The Balaban J connectivity index is 0.000000821. The number of carbonyl (C=O) groups is 3. The molecule has 2 amide bonds. The summed E-state index contributed by atoms with van der Waals surface area (Å²) in [6.07, 6.45) is 7.75. The maximum atomic E-state index is 12.5. The number of para-hydroxylation sites is 1. The van der Waals surface area contributed by atoms with Crippen LogP contribution in [0.4, 0.5) is 0 Å². The van der Waals surface area contributed by atoms with Gasteiger partial charge in [-0.1, -0.05) is 18.2 Å². The molecule has 33 heavy (non-hydrogen) atoms. The number of piperidine rings is 1. The standard InChI is InChI=1S/C24H33N3O3.CH2O2/c28-22(25-19-7-8-19)15-18-16-24(30-21-6-2-1-5-20(18)21)9-13-26(14-10-24)17-23(29)27-11-3-4-12-27;2-1-3/h1-2,5-6,18-19H,3-4,7-17H2,(H,25,28);1H,(H,2,3). The predicted octanol–water partition coefficient (Wildman–Crippen LogP) is 2.38. The Morgan fingerprint density at radius 2 is 1.79 bits per heavy atom. The van der Waals surface area contributed by atoms with Gasteiger partial charge in [0.1, 0.15) is 11.4 Å². The van der Waals surface area contributed by atoms with Crippen LogP contribution in [0.15, 0.2) is 24.3 Å². The van der Waals surface area contributed by atoms with Crippen LogP contribution in [0.2, 0.25) is 0 Å². The topological polar surface area (TPSA) is 99.2 Å². The molecule has 2 N–H and O–H groups in total. The van der Waals surface area contributed by atoms with Crippen molar-refractivity contribution in [3.63, 3.8) is 0 Å². The third-order valence-corrected chi connectivity index (χ3v) is 7.26. The average Bonchev–Trinajstić information content (AvgIpc) is 3.43. The molecule has 1 aromatic carbocycles. The summed E-state index contributed by atoms with van der Waals surface area (Å²) >= 11 is 0. The first-order valence-corrected chi connectivity index (χ1v) is 12.2. The molecule has 3 aliphatic heterocycles. The van der Waals surface area contributed by atoms with Crippen molar-refractivity contribution >= 4 is 18.3 Å². The molecular weight excluding hydrogens is 422 g/mol. The molecule has 8 nitrogen and oxygen atoms in total. The monoisotopic (exact) mass is 457 g/mol. The van der Waals surface area contributed by atoms with E-state index in [9.17, 15) is 9.59 Å². The van der Waals surface area contributed by atoms with Gasteiger partial charge in [-0.25, -0.2) is 0 Å². The fourth-order valence-electron chi connectivity index (χ4n) is 5.35. The highest BCUT2D eigenvalue weighted by molar-refractivity contribution is 5.78. The first kappa shape index (κ1) is 23.5. The lowest BCUT2D eigenvalue weighted by atomic mass is 9.76. The van der Waals surface area contributed by atoms with Gasteiger partial charge in [0.15, 0.2) is 0 Å². The summed E-state index contributed by atoms with van der Waals surface area (Å²) in [6, 6.07) is 8.62. The highest BCUT2D eigenvalue weighted by atomic mass is 16.5. The molecule has 2 saturated heterocycles. The third-order valence-electron chi connectivity index (χ3n) is 7.26. The number of hydrogen-bond acceptors (Lipinski definition) is 5. The van der Waals surface area contributed by atoms with Gasteiger partial charge in [-0.05, 0) is 56.6 Å². The Hall–Kier alpha value is -2.61. The number of hydrogen-bond donors (Lipinski definition) is 2. The Labute approximate surface area is 195 Å². The van der Waals surface area contributed by atoms with E-state index in [-0.39, 0.29) is 29.8 Å². The van der Waals surface area contributed by atoms with E-state index in [4.69, 9.17) is 14.6 Å². The zero-order valence-electron chi connectivity index (χ0n) is 19.2. The molecule has 1 spiro atoms. The number of carbonyl (C=O) groups excluding carboxylic acids is 2. The Bertz CT molecular complexity index is 842. The van der Waals surface area contributed by atoms with E-state index in [0.29, 0.717) is 19.0 Å². The summed E-state index contributed by atoms with van der Waals surface area (Å²) in [7, 11) is 0. The summed E-state index contributed by atoms with van der Waals surface area (Å²) in [5.74, 6) is 1.58. The number of likely N-dealkylation sites (tertiary alicyclic amines) is 2. The molecule has 0 radical (unpaired) electrons. The normalized spacial score (nSPS) is 23.6. The molecule has 1 unspecified atom stereocenters. The molecule has 3 fully saturated rings. The second-order valence-electron chi connectivity index (χ2n) is 9.74. The van der Waals surface area contributed by atoms with Gasteiger partial charge < -0.3 is 20.1 Å². The molecule has 1 aliphatic carbocycles. The van der Waals surface area contributed by atoms with Crippen LogP contribution in [0.5, 0.6) is 5.75 Å². The molecule has 1 aromatic rings. The summed E-state index contributed by atoms with van der Waals surface area (Å²) < 4.78 is 6.57. The third kappa shape index (κ3) is 6.05. The van der Waals surface area contributed by atoms with E-state index in [1.54, 1.807) is 0 Å². The van der Waals surface area contributed by atoms with Crippen molar-refractivity contribution in [3.05, 3.63) is 29.8 Å². The van der Waals surface area contributed by atoms with E-state index in [0.717, 1.165) is 76.9 Å². The largest absolute Gasteiger partial charge is 0.487 e. The zero-order chi connectivity index (χ0) is 23.3. The quantitative estimate of drug-likeness (QED) is 0.659. The van der Waals surface area contributed by atoms with E-state index in [1.165, 1.54) is 5.56 Å². The Morgan fingerprint density at radius 1 is 1.12 bits per heavy atom. The molecule has 3 heterocycles. The summed E-state index contributed by atoms with van der Waals surface area (Å²) in [5.41, 5.74) is 0.951. The maximum Gasteiger partial charge on any atom is 0.290 e. The number of amides is 2. The Morgan fingerprint density at radius 3 is 2.45 bits per heavy atom. The number of nitrogens with zero attached hydrogens (tertiary/aromatic N) is 2. The van der Waals surface area contributed by atoms with Gasteiger partial charge in [0.2, 0.25) is 11.8 Å². The molecule has 5 rings (SSSR count). The lowest BCUT2D eigenvalue weighted by Crippen LogP contribution is -2.52. The van der Waals surface area contributed by atoms with Crippen LogP contribution < -0.4 is 10.1 Å². The van der Waals surface area contributed by atoms with Gasteiger partial charge in [0.25, 0.3) is 6.47 Å². The van der Waals surface area contributed by atoms with Crippen LogP contribution in [-0.2, 0) is 14.4 Å². The number of nitrogens with one attached hydrogen (secondary N) is 1. The number of ether oxygens (including phenoxy) is 1. The molecule has 0 aromatic heterocycles. The number of carboxylic acid groups (broad SMARTS) is 1. The van der Waals surface area contributed by atoms with Gasteiger partial charge in [0.05, 0.1) is 6.54 Å². The first-order valence-electron chi connectivity index (χ1n) is 12.2. The smallest absolute Gasteiger partial charge is 0.290 e. The molecule has 180 valence electrons. The van der Waals surface area contributed by atoms with Crippen LogP contribution in [0.25, 0.3) is 0 Å². The van der Waals surface area contributed by atoms with Crippen molar-refractivity contribution < 1.29 is 24.2 Å². The first-order chi connectivity index (χ1) is 16.0. The minimum Gasteiger partial charge on any atom is -0.487 e. The second kappa shape index (κ2) is 10.5. The SMILES string of the molecule is O=C(CC1CC2(CCN(CC(=O)N3CCCC3)CC2)Oc2ccccc21)NC1CC1.O=CO. The van der Waals surface area contributed by atoms with E-state index in [1.807, 2.05) is 23.1 Å². The van der Waals surface area contributed by atoms with Crippen molar-refractivity contribution in [2.24, 2.45) is 0 Å². The van der Waals surface area contributed by atoms with E-state index < -0.39 is 0 Å². The van der Waals surface area contributed by atoms with Crippen LogP contribution >= 0.6 is 0 Å². The van der Waals surface area contributed by atoms with E-state index in [2.05, 4.69) is 16.3 Å². The van der Waals surface area contributed by atoms with E-state index >= 15 is 0 Å². The molecule has 8 heteroatoms. The van der Waals surface area contributed by atoms with Crippen LogP contribution in [0, 0.1) is 0 Å². The highest BCUT2D eigenvalue weighted by Crippen LogP contribution is 2.46. The molecule has 1 atom stereocenters. The van der Waals surface area contributed by atoms with Crippen molar-refractivity contribution in [1.29, 1.82) is 0 Å². The summed E-state index contributed by atoms with van der Waals surface area (Å²) in [6.45, 7) is 3.87. The highest BCUT2D eigenvalue weighted by Gasteiger charge is 2.44. The molecular formula is C25H35N3O5. The van der Waals surface area contributed by atoms with Gasteiger partial charge in [-0.3, -0.25) is 19.3 Å². The lowest BCUT2D eigenvalue weighted by molar-refractivity contribution is -0.132. The van der Waals surface area contributed by atoms with Crippen LogP contribution in [0.1, 0.15) is 62.8 Å². The number of fused-ring (bicyclic) bond motifs is 1. The number of rotatable bonds is 5. The van der Waals surface area contributed by atoms with Crippen molar-refractivity contribution in [1.82, 2.24) is 15.1 Å². The second-order valence-corrected chi connectivity index (χ2v) is 9.74. The molecule has 1 saturated carbocycles. The summed E-state index contributed by atoms with van der Waals surface area (Å²) in [4.78, 5) is 37.7. The van der Waals surface area contributed by atoms with Gasteiger partial charge in [0, 0.05) is 44.6 Å². The Kier molecular flexibility index (Phi) is 7.53. The minimum atomic E-state index is -0.250. The van der Waals surface area contributed by atoms with Crippen molar-refractivity contribution in [2.75, 3.05) is 32.7 Å². The fraction of sp³-hybridized carbons (Fsp3) is 0.640. The molecule has 4 aliphatic rings. The van der Waals surface area contributed by atoms with Crippen molar-refractivity contribution in [3.8, 4) is 5.75 Å². The summed E-state index contributed by atoms with van der Waals surface area (Å²) in [5, 5.41) is 10.0. The number of benzene rings is 1. The average molecular weight is 458 g/mol. The lowest BCUT2D eigenvalue weighted by Gasteiger charge is -2.47. The molecule has 0 bridgehead atoms. The fourth-order valence-corrected chi connectivity index (χ4v) is 5.35. The van der Waals surface area contributed by atoms with Gasteiger partial charge in [-0.15, -0.1) is 0 Å². The zero-order valence-corrected chi connectivity index (χ0v) is 19.2. The maximum absolute atomic E-state index is 12.5. The van der Waals surface area contributed by atoms with Crippen LogP contribution in [-0.4, -0.2) is 77.6 Å².